The van der Waals surface area contributed by atoms with Crippen LogP contribution in [0.3, 0.4) is 0 Å². The van der Waals surface area contributed by atoms with Gasteiger partial charge in [0.15, 0.2) is 11.6 Å². The van der Waals surface area contributed by atoms with Gasteiger partial charge < -0.3 is 5.73 Å². The van der Waals surface area contributed by atoms with Gasteiger partial charge in [-0.3, -0.25) is 0 Å². The van der Waals surface area contributed by atoms with Crippen molar-refractivity contribution in [3.05, 3.63) is 36.0 Å². The van der Waals surface area contributed by atoms with E-state index >= 15 is 0 Å². The van der Waals surface area contributed by atoms with Gasteiger partial charge in [-0.15, -0.1) is 5.10 Å². The molecule has 2 aromatic rings. The van der Waals surface area contributed by atoms with Gasteiger partial charge in [-0.2, -0.15) is 10.2 Å². The van der Waals surface area contributed by atoms with Gasteiger partial charge >= 0.3 is 0 Å². The van der Waals surface area contributed by atoms with Crippen molar-refractivity contribution in [1.29, 1.82) is 0 Å². The molecule has 15 heavy (non-hydrogen) atoms. The first-order chi connectivity index (χ1) is 7.16. The topological polar surface area (TPSA) is 69.6 Å². The molecule has 0 saturated carbocycles. The van der Waals surface area contributed by atoms with E-state index < -0.39 is 5.82 Å². The highest BCUT2D eigenvalue weighted by atomic mass is 19.1. The fourth-order valence-electron chi connectivity index (χ4n) is 1.13. The number of aromatic nitrogens is 4. The molecule has 6 heteroatoms. The van der Waals surface area contributed by atoms with Crippen LogP contribution < -0.4 is 5.73 Å². The van der Waals surface area contributed by atoms with Crippen molar-refractivity contribution in [2.45, 2.75) is 13.0 Å². The SMILES string of the molecule is C[C@H](N)c1ccc(-n2cc(F)cn2)nn1. The number of nitrogens with two attached hydrogens (primary N) is 1. The summed E-state index contributed by atoms with van der Waals surface area (Å²) in [5.41, 5.74) is 6.31. The zero-order valence-corrected chi connectivity index (χ0v) is 8.13. The second kappa shape index (κ2) is 3.74. The predicted molar refractivity (Wildman–Crippen MR) is 51.7 cm³/mol. The van der Waals surface area contributed by atoms with Gasteiger partial charge in [-0.25, -0.2) is 9.07 Å². The van der Waals surface area contributed by atoms with Gasteiger partial charge in [-0.1, -0.05) is 0 Å². The third-order valence-corrected chi connectivity index (χ3v) is 1.92. The quantitative estimate of drug-likeness (QED) is 0.791. The van der Waals surface area contributed by atoms with E-state index in [9.17, 15) is 4.39 Å². The molecule has 2 N–H and O–H groups in total. The molecule has 0 spiro atoms. The fraction of sp³-hybridized carbons (Fsp3) is 0.222. The summed E-state index contributed by atoms with van der Waals surface area (Å²) in [4.78, 5) is 0. The molecule has 0 unspecified atom stereocenters. The normalized spacial score (nSPS) is 12.7. The zero-order chi connectivity index (χ0) is 10.8. The number of hydrogen-bond acceptors (Lipinski definition) is 4. The summed E-state index contributed by atoms with van der Waals surface area (Å²) in [6.07, 6.45) is 2.34. The number of nitrogens with zero attached hydrogens (tertiary/aromatic N) is 4. The summed E-state index contributed by atoms with van der Waals surface area (Å²) in [6.45, 7) is 1.82. The average molecular weight is 207 g/mol. The third-order valence-electron chi connectivity index (χ3n) is 1.92. The first-order valence-electron chi connectivity index (χ1n) is 4.46. The molecule has 0 amide bonds. The van der Waals surface area contributed by atoms with Crippen molar-refractivity contribution < 1.29 is 4.39 Å². The lowest BCUT2D eigenvalue weighted by Crippen LogP contribution is -2.09. The minimum Gasteiger partial charge on any atom is -0.323 e. The average Bonchev–Trinajstić information content (AvgIpc) is 2.65. The maximum absolute atomic E-state index is 12.7. The van der Waals surface area contributed by atoms with Gasteiger partial charge in [0.2, 0.25) is 0 Å². The van der Waals surface area contributed by atoms with Gasteiger partial charge in [0.25, 0.3) is 0 Å². The highest BCUT2D eigenvalue weighted by Crippen LogP contribution is 2.07. The number of rotatable bonds is 2. The van der Waals surface area contributed by atoms with Crippen molar-refractivity contribution in [3.63, 3.8) is 0 Å². The van der Waals surface area contributed by atoms with Crippen LogP contribution in [0.15, 0.2) is 24.5 Å². The van der Waals surface area contributed by atoms with Crippen molar-refractivity contribution in [1.82, 2.24) is 20.0 Å². The Morgan fingerprint density at radius 1 is 1.40 bits per heavy atom. The van der Waals surface area contributed by atoms with E-state index in [1.54, 1.807) is 12.1 Å². The Bertz CT molecular complexity index is 448. The minimum atomic E-state index is -0.409. The summed E-state index contributed by atoms with van der Waals surface area (Å²) in [7, 11) is 0. The molecular formula is C9H10FN5. The molecule has 0 fully saturated rings. The van der Waals surface area contributed by atoms with Crippen LogP contribution in [0.5, 0.6) is 0 Å². The zero-order valence-electron chi connectivity index (χ0n) is 8.13. The van der Waals surface area contributed by atoms with Gasteiger partial charge in [-0.05, 0) is 19.1 Å². The first kappa shape index (κ1) is 9.72. The van der Waals surface area contributed by atoms with Crippen LogP contribution in [0.25, 0.3) is 5.82 Å². The lowest BCUT2D eigenvalue weighted by atomic mass is 10.2. The summed E-state index contributed by atoms with van der Waals surface area (Å²) in [6, 6.07) is 3.27. The summed E-state index contributed by atoms with van der Waals surface area (Å²) >= 11 is 0. The molecule has 78 valence electrons. The summed E-state index contributed by atoms with van der Waals surface area (Å²) in [5.74, 6) is 0.0522. The predicted octanol–water partition coefficient (Wildman–Crippen LogP) is 0.821. The van der Waals surface area contributed by atoms with Gasteiger partial charge in [0, 0.05) is 6.04 Å². The van der Waals surface area contributed by atoms with Crippen molar-refractivity contribution in [2.75, 3.05) is 0 Å². The van der Waals surface area contributed by atoms with Crippen LogP contribution in [0, 0.1) is 5.82 Å². The Morgan fingerprint density at radius 2 is 2.20 bits per heavy atom. The Labute approximate surface area is 85.7 Å². The van der Waals surface area contributed by atoms with Crippen LogP contribution in [0.4, 0.5) is 4.39 Å². The Balaban J connectivity index is 2.31. The molecule has 2 heterocycles. The van der Waals surface area contributed by atoms with E-state index in [4.69, 9.17) is 5.73 Å². The molecule has 2 aromatic heterocycles. The molecule has 0 saturated heterocycles. The van der Waals surface area contributed by atoms with Crippen LogP contribution in [0.2, 0.25) is 0 Å². The molecule has 5 nitrogen and oxygen atoms in total. The smallest absolute Gasteiger partial charge is 0.175 e. The lowest BCUT2D eigenvalue weighted by Gasteiger charge is -2.03. The molecular weight excluding hydrogens is 197 g/mol. The summed E-state index contributed by atoms with van der Waals surface area (Å²) < 4.78 is 14.0. The summed E-state index contributed by atoms with van der Waals surface area (Å²) in [5, 5.41) is 11.6. The molecule has 0 radical (unpaired) electrons. The van der Waals surface area contributed by atoms with E-state index in [1.165, 1.54) is 10.9 Å². The van der Waals surface area contributed by atoms with Crippen molar-refractivity contribution >= 4 is 0 Å². The van der Waals surface area contributed by atoms with Crippen molar-refractivity contribution in [2.24, 2.45) is 5.73 Å². The van der Waals surface area contributed by atoms with Crippen LogP contribution >= 0.6 is 0 Å². The molecule has 0 bridgehead atoms. The number of hydrogen-bond donors (Lipinski definition) is 1. The minimum absolute atomic E-state index is 0.166. The fourth-order valence-corrected chi connectivity index (χ4v) is 1.13. The van der Waals surface area contributed by atoms with Crippen LogP contribution in [-0.2, 0) is 0 Å². The maximum Gasteiger partial charge on any atom is 0.175 e. The van der Waals surface area contributed by atoms with E-state index in [1.807, 2.05) is 6.92 Å². The highest BCUT2D eigenvalue weighted by Gasteiger charge is 2.04. The van der Waals surface area contributed by atoms with E-state index in [0.717, 1.165) is 6.20 Å². The molecule has 0 aromatic carbocycles. The molecule has 0 aliphatic heterocycles. The standard InChI is InChI=1S/C9H10FN5/c1-6(11)8-2-3-9(14-13-8)15-5-7(10)4-12-15/h2-6H,11H2,1H3/t6-/m0/s1. The Hall–Kier alpha value is -1.82. The second-order valence-corrected chi connectivity index (χ2v) is 3.21. The van der Waals surface area contributed by atoms with Gasteiger partial charge in [0.05, 0.1) is 18.1 Å². The molecule has 0 aliphatic carbocycles. The van der Waals surface area contributed by atoms with Crippen LogP contribution in [-0.4, -0.2) is 20.0 Å². The van der Waals surface area contributed by atoms with E-state index in [-0.39, 0.29) is 6.04 Å². The molecule has 1 atom stereocenters. The van der Waals surface area contributed by atoms with Crippen LogP contribution in [0.1, 0.15) is 18.7 Å². The second-order valence-electron chi connectivity index (χ2n) is 3.21. The Kier molecular flexibility index (Phi) is 2.42. The van der Waals surface area contributed by atoms with Gasteiger partial charge in [0.1, 0.15) is 0 Å². The van der Waals surface area contributed by atoms with E-state index in [0.29, 0.717) is 11.5 Å². The number of halogens is 1. The monoisotopic (exact) mass is 207 g/mol. The third kappa shape index (κ3) is 1.99. The largest absolute Gasteiger partial charge is 0.323 e. The van der Waals surface area contributed by atoms with E-state index in [2.05, 4.69) is 15.3 Å². The molecule has 0 aliphatic rings. The lowest BCUT2D eigenvalue weighted by molar-refractivity contribution is 0.626. The Morgan fingerprint density at radius 3 is 2.67 bits per heavy atom. The molecule has 2 rings (SSSR count). The van der Waals surface area contributed by atoms with Crippen molar-refractivity contribution in [3.8, 4) is 5.82 Å². The maximum atomic E-state index is 12.7. The highest BCUT2D eigenvalue weighted by molar-refractivity contribution is 5.21. The first-order valence-corrected chi connectivity index (χ1v) is 4.46.